The summed E-state index contributed by atoms with van der Waals surface area (Å²) in [6, 6.07) is 11.3. The highest BCUT2D eigenvalue weighted by molar-refractivity contribution is 7.93. The molecule has 1 aromatic heterocycles. The van der Waals surface area contributed by atoms with Crippen molar-refractivity contribution >= 4 is 21.4 Å². The molecule has 2 aromatic carbocycles. The predicted molar refractivity (Wildman–Crippen MR) is 108 cm³/mol. The largest absolute Gasteiger partial charge is 0.382 e. The first-order chi connectivity index (χ1) is 12.9. The van der Waals surface area contributed by atoms with E-state index >= 15 is 0 Å². The van der Waals surface area contributed by atoms with Crippen LogP contribution in [0.5, 0.6) is 0 Å². The van der Waals surface area contributed by atoms with Crippen LogP contribution < -0.4 is 9.62 Å². The fraction of sp³-hybridized carbons (Fsp3) is 0.250. The van der Waals surface area contributed by atoms with Gasteiger partial charge >= 0.3 is 0 Å². The van der Waals surface area contributed by atoms with Gasteiger partial charge in [-0.1, -0.05) is 24.3 Å². The third-order valence-electron chi connectivity index (χ3n) is 4.91. The topological polar surface area (TPSA) is 67.2 Å². The van der Waals surface area contributed by atoms with E-state index in [9.17, 15) is 8.42 Å². The van der Waals surface area contributed by atoms with E-state index in [1.165, 1.54) is 4.31 Å². The summed E-state index contributed by atoms with van der Waals surface area (Å²) in [5, 5.41) is 7.48. The lowest BCUT2D eigenvalue weighted by Crippen LogP contribution is -2.39. The average molecular weight is 382 g/mol. The monoisotopic (exact) mass is 382 g/mol. The average Bonchev–Trinajstić information content (AvgIpc) is 3.08. The van der Waals surface area contributed by atoms with Crippen LogP contribution in [0.25, 0.3) is 11.1 Å². The Morgan fingerprint density at radius 2 is 1.89 bits per heavy atom. The maximum absolute atomic E-state index is 13.6. The first-order valence-corrected chi connectivity index (χ1v) is 10.3. The number of hydrogen-bond donors (Lipinski definition) is 1. The zero-order valence-electron chi connectivity index (χ0n) is 15.6. The molecule has 0 bridgehead atoms. The molecule has 0 atom stereocenters. The van der Waals surface area contributed by atoms with Crippen LogP contribution in [0.3, 0.4) is 0 Å². The van der Waals surface area contributed by atoms with Crippen molar-refractivity contribution in [3.8, 4) is 11.1 Å². The summed E-state index contributed by atoms with van der Waals surface area (Å²) in [5.41, 5.74) is 4.99. The number of benzene rings is 2. The van der Waals surface area contributed by atoms with Crippen molar-refractivity contribution in [1.82, 2.24) is 9.78 Å². The highest BCUT2D eigenvalue weighted by atomic mass is 32.2. The van der Waals surface area contributed by atoms with Crippen molar-refractivity contribution in [2.75, 3.05) is 22.7 Å². The summed E-state index contributed by atoms with van der Waals surface area (Å²) in [6.07, 6.45) is 3.62. The number of rotatable bonds is 3. The minimum Gasteiger partial charge on any atom is -0.382 e. The van der Waals surface area contributed by atoms with Gasteiger partial charge in [0, 0.05) is 25.4 Å². The van der Waals surface area contributed by atoms with Crippen LogP contribution >= 0.6 is 0 Å². The molecule has 6 nitrogen and oxygen atoms in total. The highest BCUT2D eigenvalue weighted by Gasteiger charge is 2.31. The number of nitrogens with zero attached hydrogens (tertiary/aromatic N) is 3. The molecule has 4 rings (SSSR count). The predicted octanol–water partition coefficient (Wildman–Crippen LogP) is 3.32. The van der Waals surface area contributed by atoms with Crippen LogP contribution in [0.1, 0.15) is 11.1 Å². The van der Waals surface area contributed by atoms with E-state index < -0.39 is 10.0 Å². The van der Waals surface area contributed by atoms with Crippen molar-refractivity contribution in [1.29, 1.82) is 0 Å². The molecule has 0 radical (unpaired) electrons. The zero-order chi connectivity index (χ0) is 19.2. The molecule has 0 aliphatic carbocycles. The van der Waals surface area contributed by atoms with Gasteiger partial charge in [0.25, 0.3) is 10.0 Å². The smallest absolute Gasteiger partial charge is 0.264 e. The van der Waals surface area contributed by atoms with Gasteiger partial charge in [0.05, 0.1) is 29.0 Å². The molecule has 2 heterocycles. The molecule has 1 aliphatic rings. The van der Waals surface area contributed by atoms with Gasteiger partial charge in [-0.05, 0) is 42.7 Å². The fourth-order valence-electron chi connectivity index (χ4n) is 3.52. The second kappa shape index (κ2) is 6.42. The maximum Gasteiger partial charge on any atom is 0.264 e. The van der Waals surface area contributed by atoms with Crippen LogP contribution in [-0.4, -0.2) is 31.3 Å². The van der Waals surface area contributed by atoms with Crippen molar-refractivity contribution in [2.24, 2.45) is 7.05 Å². The summed E-state index contributed by atoms with van der Waals surface area (Å²) in [7, 11) is -1.84. The number of aryl methyl sites for hydroxylation is 3. The van der Waals surface area contributed by atoms with Gasteiger partial charge in [-0.2, -0.15) is 5.10 Å². The molecule has 0 amide bonds. The van der Waals surface area contributed by atoms with Gasteiger partial charge in [0.1, 0.15) is 0 Å². The second-order valence-corrected chi connectivity index (χ2v) is 8.69. The number of sulfonamides is 1. The summed E-state index contributed by atoms with van der Waals surface area (Å²) in [4.78, 5) is 0.333. The Labute approximate surface area is 159 Å². The first kappa shape index (κ1) is 17.6. The van der Waals surface area contributed by atoms with Crippen LogP contribution in [0, 0.1) is 13.8 Å². The van der Waals surface area contributed by atoms with Crippen molar-refractivity contribution in [2.45, 2.75) is 18.7 Å². The molecule has 0 unspecified atom stereocenters. The maximum atomic E-state index is 13.6. The van der Waals surface area contributed by atoms with E-state index in [2.05, 4.69) is 10.4 Å². The second-order valence-electron chi connectivity index (χ2n) is 6.86. The third-order valence-corrected chi connectivity index (χ3v) is 6.85. The van der Waals surface area contributed by atoms with Crippen LogP contribution in [0.15, 0.2) is 53.7 Å². The quantitative estimate of drug-likeness (QED) is 0.755. The molecule has 27 heavy (non-hydrogen) atoms. The molecular formula is C20H22N4O2S. The Morgan fingerprint density at radius 3 is 2.63 bits per heavy atom. The summed E-state index contributed by atoms with van der Waals surface area (Å²) in [5.74, 6) is 0. The van der Waals surface area contributed by atoms with Gasteiger partial charge in [-0.25, -0.2) is 8.42 Å². The van der Waals surface area contributed by atoms with Crippen molar-refractivity contribution in [3.63, 3.8) is 0 Å². The Kier molecular flexibility index (Phi) is 4.19. The minimum atomic E-state index is -3.69. The molecular weight excluding hydrogens is 360 g/mol. The van der Waals surface area contributed by atoms with Crippen molar-refractivity contribution in [3.05, 3.63) is 59.9 Å². The molecule has 0 spiro atoms. The van der Waals surface area contributed by atoms with Gasteiger partial charge in [0.15, 0.2) is 0 Å². The van der Waals surface area contributed by atoms with E-state index in [0.29, 0.717) is 18.0 Å². The molecule has 0 fully saturated rings. The number of anilines is 2. The zero-order valence-corrected chi connectivity index (χ0v) is 16.4. The Hall–Kier alpha value is -2.80. The molecule has 1 N–H and O–H groups in total. The molecule has 7 heteroatoms. The Balaban J connectivity index is 1.84. The number of aromatic nitrogens is 2. The number of para-hydroxylation sites is 1. The first-order valence-electron chi connectivity index (χ1n) is 8.84. The van der Waals surface area contributed by atoms with Crippen molar-refractivity contribution < 1.29 is 8.42 Å². The standard InChI is InChI=1S/C20H22N4O2S/c1-14-7-8-16(17-12-22-23(3)13-17)11-19(14)27(25,26)24-10-9-21-18-6-4-5-15(2)20(18)24/h4-8,11-13,21H,9-10H2,1-3H3. The minimum absolute atomic E-state index is 0.333. The summed E-state index contributed by atoms with van der Waals surface area (Å²) in [6.45, 7) is 4.75. The van der Waals surface area contributed by atoms with E-state index in [4.69, 9.17) is 0 Å². The number of hydrogen-bond acceptors (Lipinski definition) is 4. The van der Waals surface area contributed by atoms with E-state index in [1.807, 2.05) is 57.4 Å². The molecule has 0 saturated heterocycles. The van der Waals surface area contributed by atoms with Crippen LogP contribution in [-0.2, 0) is 17.1 Å². The van der Waals surface area contributed by atoms with Gasteiger partial charge in [-0.15, -0.1) is 0 Å². The molecule has 1 aliphatic heterocycles. The van der Waals surface area contributed by atoms with E-state index in [0.717, 1.165) is 33.6 Å². The SMILES string of the molecule is Cc1ccc(-c2cnn(C)c2)cc1S(=O)(=O)N1CCNc2cccc(C)c21. The Bertz CT molecular complexity index is 1120. The molecule has 0 saturated carbocycles. The highest BCUT2D eigenvalue weighted by Crippen LogP contribution is 2.37. The van der Waals surface area contributed by atoms with E-state index in [1.54, 1.807) is 16.9 Å². The number of nitrogens with one attached hydrogen (secondary N) is 1. The summed E-state index contributed by atoms with van der Waals surface area (Å²) < 4.78 is 30.4. The van der Waals surface area contributed by atoms with Crippen LogP contribution in [0.2, 0.25) is 0 Å². The third kappa shape index (κ3) is 2.98. The van der Waals surface area contributed by atoms with Gasteiger partial charge in [0.2, 0.25) is 0 Å². The van der Waals surface area contributed by atoms with Crippen LogP contribution in [0.4, 0.5) is 11.4 Å². The van der Waals surface area contributed by atoms with Gasteiger partial charge < -0.3 is 5.32 Å². The fourth-order valence-corrected chi connectivity index (χ4v) is 5.33. The molecule has 140 valence electrons. The summed E-state index contributed by atoms with van der Waals surface area (Å²) >= 11 is 0. The van der Waals surface area contributed by atoms with Gasteiger partial charge in [-0.3, -0.25) is 8.99 Å². The normalized spacial score (nSPS) is 14.0. The Morgan fingerprint density at radius 1 is 1.07 bits per heavy atom. The lowest BCUT2D eigenvalue weighted by Gasteiger charge is -2.33. The van der Waals surface area contributed by atoms with E-state index in [-0.39, 0.29) is 0 Å². The molecule has 3 aromatic rings. The lowest BCUT2D eigenvalue weighted by atomic mass is 10.1. The lowest BCUT2D eigenvalue weighted by molar-refractivity contribution is 0.590. The number of fused-ring (bicyclic) bond motifs is 1.